The summed E-state index contributed by atoms with van der Waals surface area (Å²) in [4.78, 5) is 34.7. The number of hydrogen-bond donors (Lipinski definition) is 0. The Bertz CT molecular complexity index is 968. The van der Waals surface area contributed by atoms with Crippen LogP contribution in [0.15, 0.2) is 22.5 Å². The first kappa shape index (κ1) is 19.5. The van der Waals surface area contributed by atoms with Crippen LogP contribution in [-0.4, -0.2) is 47.2 Å². The molecule has 13 heteroatoms. The van der Waals surface area contributed by atoms with Crippen molar-refractivity contribution in [2.75, 3.05) is 0 Å². The number of halogens is 1. The van der Waals surface area contributed by atoms with Gasteiger partial charge in [0.1, 0.15) is 6.23 Å². The minimum atomic E-state index is -0.914. The van der Waals surface area contributed by atoms with Crippen LogP contribution in [0.25, 0.3) is 5.82 Å². The molecule has 0 aliphatic carbocycles. The molecule has 2 aromatic heterocycles. The van der Waals surface area contributed by atoms with Crippen molar-refractivity contribution in [3.8, 4) is 5.82 Å². The molecule has 0 bridgehead atoms. The van der Waals surface area contributed by atoms with Gasteiger partial charge in [0.15, 0.2) is 11.9 Å². The normalized spacial score (nSPS) is 21.5. The van der Waals surface area contributed by atoms with Crippen LogP contribution in [0.3, 0.4) is 0 Å². The average molecular weight is 395 g/mol. The van der Waals surface area contributed by atoms with E-state index in [0.29, 0.717) is 6.42 Å². The van der Waals surface area contributed by atoms with Crippen molar-refractivity contribution < 1.29 is 18.9 Å². The fourth-order valence-corrected chi connectivity index (χ4v) is 2.76. The lowest BCUT2D eigenvalue weighted by molar-refractivity contribution is -0.394. The van der Waals surface area contributed by atoms with Crippen LogP contribution in [0.4, 0.5) is 10.3 Å². The lowest BCUT2D eigenvalue weighted by Crippen LogP contribution is -2.29. The van der Waals surface area contributed by atoms with E-state index in [2.05, 4.69) is 20.2 Å². The molecule has 1 fully saturated rings. The van der Waals surface area contributed by atoms with Crippen molar-refractivity contribution >= 4 is 11.7 Å². The van der Waals surface area contributed by atoms with Gasteiger partial charge in [0, 0.05) is 11.5 Å². The molecule has 0 N–H and O–H groups in total. The molecule has 0 amide bonds. The van der Waals surface area contributed by atoms with Gasteiger partial charge in [-0.3, -0.25) is 4.57 Å². The Morgan fingerprint density at radius 3 is 2.89 bits per heavy atom. The highest BCUT2D eigenvalue weighted by molar-refractivity contribution is 5.78. The van der Waals surface area contributed by atoms with Crippen LogP contribution < -0.4 is 5.69 Å². The highest BCUT2D eigenvalue weighted by atomic mass is 19.1. The van der Waals surface area contributed by atoms with E-state index in [0.717, 1.165) is 27.5 Å². The Morgan fingerprint density at radius 1 is 1.54 bits per heavy atom. The number of nitro groups is 1. The summed E-state index contributed by atoms with van der Waals surface area (Å²) in [6.45, 7) is 5.46. The Labute approximate surface area is 157 Å². The van der Waals surface area contributed by atoms with E-state index < -0.39 is 40.5 Å². The van der Waals surface area contributed by atoms with E-state index in [1.54, 1.807) is 13.8 Å². The molecular formula is C15H18FN7O5. The second kappa shape index (κ2) is 7.80. The second-order valence-corrected chi connectivity index (χ2v) is 6.30. The van der Waals surface area contributed by atoms with E-state index in [-0.39, 0.29) is 12.5 Å². The molecule has 1 unspecified atom stereocenters. The van der Waals surface area contributed by atoms with Crippen molar-refractivity contribution in [3.63, 3.8) is 0 Å². The first-order chi connectivity index (χ1) is 13.3. The molecule has 28 heavy (non-hydrogen) atoms. The molecule has 1 aliphatic heterocycles. The molecule has 150 valence electrons. The Balaban J connectivity index is 1.87. The minimum absolute atomic E-state index is 0.282. The Kier molecular flexibility index (Phi) is 5.44. The monoisotopic (exact) mass is 395 g/mol. The molecule has 1 saturated heterocycles. The first-order valence-corrected chi connectivity index (χ1v) is 8.47. The Hall–Kier alpha value is -3.22. The van der Waals surface area contributed by atoms with Crippen molar-refractivity contribution in [2.24, 2.45) is 5.16 Å². The average Bonchev–Trinajstić information content (AvgIpc) is 3.28. The molecule has 0 radical (unpaired) electrons. The van der Waals surface area contributed by atoms with Gasteiger partial charge in [0.2, 0.25) is 12.1 Å². The van der Waals surface area contributed by atoms with E-state index in [4.69, 9.17) is 9.57 Å². The summed E-state index contributed by atoms with van der Waals surface area (Å²) < 4.78 is 22.1. The molecule has 12 nitrogen and oxygen atoms in total. The SMILES string of the molecule is CC[C@H]1O[C@@H](n2cc(F)c(-n3cnc([N+](=O)[O-])n3)nc2=O)CC1ON=C(C)C. The standard InChI is InChI=1S/C15H18FN7O5/c1-4-10-11(28-20-8(2)3)5-12(27-10)21-6-9(16)13(18-15(21)24)22-7-17-14(19-22)23(25)26/h6-7,10-12H,4-5H2,1-3H3/t10-,11?,12-/m1/s1. The summed E-state index contributed by atoms with van der Waals surface area (Å²) in [6.07, 6.45) is 1.23. The lowest BCUT2D eigenvalue weighted by atomic mass is 10.1. The zero-order chi connectivity index (χ0) is 20.4. The molecular weight excluding hydrogens is 377 g/mol. The topological polar surface area (TPSA) is 140 Å². The van der Waals surface area contributed by atoms with Crippen LogP contribution in [0.1, 0.15) is 39.8 Å². The quantitative estimate of drug-likeness (QED) is 0.406. The molecule has 0 saturated carbocycles. The van der Waals surface area contributed by atoms with E-state index in [1.807, 2.05) is 6.92 Å². The first-order valence-electron chi connectivity index (χ1n) is 8.47. The van der Waals surface area contributed by atoms with Gasteiger partial charge in [0.25, 0.3) is 0 Å². The van der Waals surface area contributed by atoms with Crippen LogP contribution in [-0.2, 0) is 9.57 Å². The summed E-state index contributed by atoms with van der Waals surface area (Å²) >= 11 is 0. The summed E-state index contributed by atoms with van der Waals surface area (Å²) in [5.41, 5.74) is -0.0697. The largest absolute Gasteiger partial charge is 0.491 e. The highest BCUT2D eigenvalue weighted by Crippen LogP contribution is 2.32. The van der Waals surface area contributed by atoms with E-state index in [1.165, 1.54) is 0 Å². The molecule has 0 spiro atoms. The summed E-state index contributed by atoms with van der Waals surface area (Å²) in [5, 5.41) is 18.1. The maximum atomic E-state index is 14.5. The number of oxime groups is 1. The van der Waals surface area contributed by atoms with Crippen LogP contribution in [0.5, 0.6) is 0 Å². The number of ether oxygens (including phenoxy) is 1. The highest BCUT2D eigenvalue weighted by Gasteiger charge is 2.38. The number of nitrogens with zero attached hydrogens (tertiary/aromatic N) is 7. The van der Waals surface area contributed by atoms with Crippen molar-refractivity contribution in [1.82, 2.24) is 24.3 Å². The molecule has 0 aromatic carbocycles. The molecule has 2 aromatic rings. The summed E-state index contributed by atoms with van der Waals surface area (Å²) in [5.74, 6) is -2.14. The molecule has 3 rings (SSSR count). The van der Waals surface area contributed by atoms with E-state index >= 15 is 0 Å². The third-order valence-electron chi connectivity index (χ3n) is 4.01. The summed E-state index contributed by atoms with van der Waals surface area (Å²) in [7, 11) is 0. The second-order valence-electron chi connectivity index (χ2n) is 6.30. The van der Waals surface area contributed by atoms with E-state index in [9.17, 15) is 19.3 Å². The minimum Gasteiger partial charge on any atom is -0.390 e. The zero-order valence-electron chi connectivity index (χ0n) is 15.4. The van der Waals surface area contributed by atoms with Crippen LogP contribution in [0.2, 0.25) is 0 Å². The van der Waals surface area contributed by atoms with Gasteiger partial charge in [-0.2, -0.15) is 4.98 Å². The third kappa shape index (κ3) is 3.88. The van der Waals surface area contributed by atoms with Crippen molar-refractivity contribution in [3.05, 3.63) is 38.9 Å². The number of aromatic nitrogens is 5. The van der Waals surface area contributed by atoms with Crippen molar-refractivity contribution in [2.45, 2.75) is 52.0 Å². The molecule has 1 aliphatic rings. The fraction of sp³-hybridized carbons (Fsp3) is 0.533. The Morgan fingerprint density at radius 2 is 2.29 bits per heavy atom. The number of rotatable bonds is 6. The van der Waals surface area contributed by atoms with Gasteiger partial charge in [-0.1, -0.05) is 17.1 Å². The smallest absolute Gasteiger partial charge is 0.390 e. The summed E-state index contributed by atoms with van der Waals surface area (Å²) in [6, 6.07) is 0. The van der Waals surface area contributed by atoms with Gasteiger partial charge >= 0.3 is 11.6 Å². The maximum Gasteiger partial charge on any atom is 0.491 e. The van der Waals surface area contributed by atoms with Gasteiger partial charge < -0.3 is 19.7 Å². The predicted octanol–water partition coefficient (Wildman–Crippen LogP) is 1.35. The van der Waals surface area contributed by atoms with Gasteiger partial charge in [-0.25, -0.2) is 9.18 Å². The third-order valence-corrected chi connectivity index (χ3v) is 4.01. The number of hydrogen-bond acceptors (Lipinski definition) is 9. The predicted molar refractivity (Wildman–Crippen MR) is 92.5 cm³/mol. The fourth-order valence-electron chi connectivity index (χ4n) is 2.76. The van der Waals surface area contributed by atoms with Crippen LogP contribution >= 0.6 is 0 Å². The van der Waals surface area contributed by atoms with Gasteiger partial charge in [0.05, 0.1) is 18.0 Å². The van der Waals surface area contributed by atoms with Crippen LogP contribution in [0, 0.1) is 15.9 Å². The maximum absolute atomic E-state index is 14.5. The molecule has 3 atom stereocenters. The molecule has 3 heterocycles. The van der Waals surface area contributed by atoms with Crippen molar-refractivity contribution in [1.29, 1.82) is 0 Å². The van der Waals surface area contributed by atoms with Gasteiger partial charge in [-0.05, 0) is 25.2 Å². The lowest BCUT2D eigenvalue weighted by Gasteiger charge is -2.15. The zero-order valence-corrected chi connectivity index (χ0v) is 15.4. The van der Waals surface area contributed by atoms with Gasteiger partial charge in [-0.15, -0.1) is 4.68 Å².